The topological polar surface area (TPSA) is 63.1 Å². The van der Waals surface area contributed by atoms with Crippen molar-refractivity contribution in [2.24, 2.45) is 0 Å². The highest BCUT2D eigenvalue weighted by Crippen LogP contribution is 2.36. The van der Waals surface area contributed by atoms with E-state index in [1.807, 2.05) is 84.9 Å². The molecule has 0 bridgehead atoms. The Morgan fingerprint density at radius 3 is 2.17 bits per heavy atom. The third-order valence-corrected chi connectivity index (χ3v) is 5.03. The van der Waals surface area contributed by atoms with Gasteiger partial charge in [0, 0.05) is 16.5 Å². The van der Waals surface area contributed by atoms with Crippen LogP contribution in [0, 0.1) is 0 Å². The summed E-state index contributed by atoms with van der Waals surface area (Å²) in [6.45, 7) is 0. The quantitative estimate of drug-likeness (QED) is 0.431. The summed E-state index contributed by atoms with van der Waals surface area (Å²) in [7, 11) is 0. The lowest BCUT2D eigenvalue weighted by atomic mass is 9.94. The number of aromatic nitrogens is 2. The Kier molecular flexibility index (Phi) is 4.03. The molecule has 0 radical (unpaired) electrons. The minimum Gasteiger partial charge on any atom is -0.478 e. The first kappa shape index (κ1) is 17.1. The monoisotopic (exact) mass is 376 g/mol. The Bertz CT molecular complexity index is 1380. The largest absolute Gasteiger partial charge is 0.478 e. The van der Waals surface area contributed by atoms with E-state index in [2.05, 4.69) is 0 Å². The SMILES string of the molecule is O=C(O)c1ccc2ccccc2c1-c1nc(-c2ccccc2)nc2ccccc12. The lowest BCUT2D eigenvalue weighted by Crippen LogP contribution is -2.03. The van der Waals surface area contributed by atoms with Gasteiger partial charge in [-0.3, -0.25) is 0 Å². The average Bonchev–Trinajstić information content (AvgIpc) is 2.78. The van der Waals surface area contributed by atoms with Crippen LogP contribution < -0.4 is 0 Å². The van der Waals surface area contributed by atoms with E-state index in [1.54, 1.807) is 6.07 Å². The van der Waals surface area contributed by atoms with E-state index in [0.29, 0.717) is 17.1 Å². The molecule has 0 aliphatic carbocycles. The summed E-state index contributed by atoms with van der Waals surface area (Å²) >= 11 is 0. The van der Waals surface area contributed by atoms with E-state index in [9.17, 15) is 9.90 Å². The van der Waals surface area contributed by atoms with Crippen LogP contribution in [0.2, 0.25) is 0 Å². The molecule has 1 heterocycles. The van der Waals surface area contributed by atoms with E-state index in [-0.39, 0.29) is 5.56 Å². The molecule has 1 aromatic heterocycles. The predicted octanol–water partition coefficient (Wildman–Crippen LogP) is 5.82. The van der Waals surface area contributed by atoms with Gasteiger partial charge < -0.3 is 5.11 Å². The number of carboxylic acids is 1. The maximum absolute atomic E-state index is 12.1. The van der Waals surface area contributed by atoms with E-state index in [1.165, 1.54) is 0 Å². The van der Waals surface area contributed by atoms with Gasteiger partial charge in [-0.25, -0.2) is 14.8 Å². The molecule has 0 atom stereocenters. The summed E-state index contributed by atoms with van der Waals surface area (Å²) in [4.78, 5) is 21.7. The van der Waals surface area contributed by atoms with Crippen molar-refractivity contribution in [2.45, 2.75) is 0 Å². The first-order chi connectivity index (χ1) is 14.2. The Morgan fingerprint density at radius 2 is 1.38 bits per heavy atom. The van der Waals surface area contributed by atoms with Gasteiger partial charge in [-0.2, -0.15) is 0 Å². The minimum absolute atomic E-state index is 0.228. The van der Waals surface area contributed by atoms with Gasteiger partial charge in [-0.05, 0) is 22.9 Å². The smallest absolute Gasteiger partial charge is 0.336 e. The van der Waals surface area contributed by atoms with Crippen LogP contribution in [0.1, 0.15) is 10.4 Å². The number of hydrogen-bond donors (Lipinski definition) is 1. The van der Waals surface area contributed by atoms with Crippen LogP contribution in [0.5, 0.6) is 0 Å². The number of para-hydroxylation sites is 1. The van der Waals surface area contributed by atoms with Gasteiger partial charge in [-0.15, -0.1) is 0 Å². The molecular formula is C25H16N2O2. The lowest BCUT2D eigenvalue weighted by Gasteiger charge is -2.14. The minimum atomic E-state index is -0.977. The summed E-state index contributed by atoms with van der Waals surface area (Å²) in [5.74, 6) is -0.404. The Morgan fingerprint density at radius 1 is 0.690 bits per heavy atom. The summed E-state index contributed by atoms with van der Waals surface area (Å²) in [6, 6.07) is 28.7. The maximum Gasteiger partial charge on any atom is 0.336 e. The highest BCUT2D eigenvalue weighted by atomic mass is 16.4. The fourth-order valence-corrected chi connectivity index (χ4v) is 3.69. The van der Waals surface area contributed by atoms with Crippen LogP contribution in [0.4, 0.5) is 0 Å². The summed E-state index contributed by atoms with van der Waals surface area (Å²) in [6.07, 6.45) is 0. The van der Waals surface area contributed by atoms with Crippen LogP contribution in [0.3, 0.4) is 0 Å². The molecule has 5 rings (SSSR count). The highest BCUT2D eigenvalue weighted by molar-refractivity contribution is 6.11. The number of carboxylic acid groups (broad SMARTS) is 1. The lowest BCUT2D eigenvalue weighted by molar-refractivity contribution is 0.0698. The number of aromatic carboxylic acids is 1. The van der Waals surface area contributed by atoms with Crippen LogP contribution in [-0.2, 0) is 0 Å². The van der Waals surface area contributed by atoms with E-state index in [4.69, 9.17) is 9.97 Å². The van der Waals surface area contributed by atoms with Crippen molar-refractivity contribution in [3.8, 4) is 22.6 Å². The molecule has 0 saturated carbocycles. The van der Waals surface area contributed by atoms with Gasteiger partial charge in [0.05, 0.1) is 16.8 Å². The molecule has 1 N–H and O–H groups in total. The standard InChI is InChI=1S/C25H16N2O2/c28-25(29)20-15-14-16-8-4-5-11-18(16)22(20)23-19-12-6-7-13-21(19)26-24(27-23)17-9-2-1-3-10-17/h1-15H,(H,28,29). The summed E-state index contributed by atoms with van der Waals surface area (Å²) in [5, 5.41) is 12.6. The Balaban J connectivity index is 1.93. The third kappa shape index (κ3) is 2.91. The molecule has 5 aromatic rings. The number of fused-ring (bicyclic) bond motifs is 2. The number of nitrogens with zero attached hydrogens (tertiary/aromatic N) is 2. The molecule has 0 aliphatic heterocycles. The molecule has 0 aliphatic rings. The van der Waals surface area contributed by atoms with Crippen molar-refractivity contribution in [2.75, 3.05) is 0 Å². The van der Waals surface area contributed by atoms with Crippen molar-refractivity contribution >= 4 is 27.6 Å². The molecular weight excluding hydrogens is 360 g/mol. The molecule has 0 amide bonds. The zero-order valence-electron chi connectivity index (χ0n) is 15.4. The second-order valence-electron chi connectivity index (χ2n) is 6.79. The molecule has 0 fully saturated rings. The van der Waals surface area contributed by atoms with Crippen molar-refractivity contribution in [3.63, 3.8) is 0 Å². The van der Waals surface area contributed by atoms with Gasteiger partial charge in [0.1, 0.15) is 0 Å². The molecule has 29 heavy (non-hydrogen) atoms. The molecule has 4 heteroatoms. The zero-order valence-corrected chi connectivity index (χ0v) is 15.4. The second-order valence-corrected chi connectivity index (χ2v) is 6.79. The van der Waals surface area contributed by atoms with Crippen LogP contribution >= 0.6 is 0 Å². The molecule has 138 valence electrons. The average molecular weight is 376 g/mol. The van der Waals surface area contributed by atoms with Gasteiger partial charge in [0.2, 0.25) is 0 Å². The maximum atomic E-state index is 12.1. The zero-order chi connectivity index (χ0) is 19.8. The number of benzene rings is 4. The highest BCUT2D eigenvalue weighted by Gasteiger charge is 2.20. The van der Waals surface area contributed by atoms with Crippen molar-refractivity contribution in [1.29, 1.82) is 0 Å². The van der Waals surface area contributed by atoms with Crippen LogP contribution in [0.25, 0.3) is 44.3 Å². The van der Waals surface area contributed by atoms with E-state index >= 15 is 0 Å². The Hall–Kier alpha value is -4.05. The molecule has 0 saturated heterocycles. The van der Waals surface area contributed by atoms with Crippen LogP contribution in [-0.4, -0.2) is 21.0 Å². The fourth-order valence-electron chi connectivity index (χ4n) is 3.69. The normalized spacial score (nSPS) is 11.0. The first-order valence-electron chi connectivity index (χ1n) is 9.30. The van der Waals surface area contributed by atoms with E-state index in [0.717, 1.165) is 27.2 Å². The number of hydrogen-bond acceptors (Lipinski definition) is 3. The fraction of sp³-hybridized carbons (Fsp3) is 0. The van der Waals surface area contributed by atoms with Gasteiger partial charge in [0.15, 0.2) is 5.82 Å². The Labute approximate surface area is 167 Å². The molecule has 0 unspecified atom stereocenters. The van der Waals surface area contributed by atoms with Crippen molar-refractivity contribution < 1.29 is 9.90 Å². The second kappa shape index (κ2) is 6.84. The molecule has 0 spiro atoms. The van der Waals surface area contributed by atoms with Crippen LogP contribution in [0.15, 0.2) is 91.0 Å². The first-order valence-corrected chi connectivity index (χ1v) is 9.30. The number of carbonyl (C=O) groups is 1. The molecule has 4 aromatic carbocycles. The van der Waals surface area contributed by atoms with Gasteiger partial charge >= 0.3 is 5.97 Å². The van der Waals surface area contributed by atoms with Gasteiger partial charge in [0.25, 0.3) is 0 Å². The summed E-state index contributed by atoms with van der Waals surface area (Å²) in [5.41, 5.74) is 3.14. The predicted molar refractivity (Wildman–Crippen MR) is 115 cm³/mol. The number of rotatable bonds is 3. The van der Waals surface area contributed by atoms with E-state index < -0.39 is 5.97 Å². The molecule has 4 nitrogen and oxygen atoms in total. The third-order valence-electron chi connectivity index (χ3n) is 5.03. The van der Waals surface area contributed by atoms with Crippen molar-refractivity contribution in [1.82, 2.24) is 9.97 Å². The summed E-state index contributed by atoms with van der Waals surface area (Å²) < 4.78 is 0. The van der Waals surface area contributed by atoms with Crippen molar-refractivity contribution in [3.05, 3.63) is 96.6 Å². The van der Waals surface area contributed by atoms with Gasteiger partial charge in [-0.1, -0.05) is 78.9 Å².